The average molecular weight is 216 g/mol. The van der Waals surface area contributed by atoms with E-state index in [1.165, 1.54) is 0 Å². The molecule has 0 aliphatic carbocycles. The summed E-state index contributed by atoms with van der Waals surface area (Å²) >= 11 is 5.00. The summed E-state index contributed by atoms with van der Waals surface area (Å²) in [7, 11) is 0. The van der Waals surface area contributed by atoms with Crippen molar-refractivity contribution in [2.24, 2.45) is 0 Å². The minimum atomic E-state index is -0.537. The smallest absolute Gasteiger partial charge is 0.412 e. The largest absolute Gasteiger partial charge is 0.416 e. The van der Waals surface area contributed by atoms with Crippen LogP contribution in [-0.4, -0.2) is 23.7 Å². The molecule has 0 aromatic carbocycles. The van der Waals surface area contributed by atoms with Gasteiger partial charge in [0.25, 0.3) is 0 Å². The van der Waals surface area contributed by atoms with Gasteiger partial charge < -0.3 is 15.4 Å². The zero-order valence-corrected chi connectivity index (χ0v) is 9.53. The predicted octanol–water partition coefficient (Wildman–Crippen LogP) is 1.57. The molecule has 2 N–H and O–H groups in total. The van der Waals surface area contributed by atoms with Gasteiger partial charge in [0.2, 0.25) is 0 Å². The summed E-state index contributed by atoms with van der Waals surface area (Å²) in [6, 6.07) is -0.239. The molecule has 0 rings (SSSR count). The fourth-order valence-electron chi connectivity index (χ4n) is 0.757. The molecule has 14 heavy (non-hydrogen) atoms. The standard InChI is InChI=1S/C9H16N2O2S/c1-5-10-8(14)7(4)11-9(12)13-6(2)3/h7H,2,5H2,1,3-4H3,(H,10,14)(H,11,12)/t7-/m1/s1. The highest BCUT2D eigenvalue weighted by Crippen LogP contribution is 1.93. The van der Waals surface area contributed by atoms with Gasteiger partial charge in [0.1, 0.15) is 0 Å². The van der Waals surface area contributed by atoms with Gasteiger partial charge in [-0.1, -0.05) is 18.8 Å². The van der Waals surface area contributed by atoms with Crippen LogP contribution in [0.3, 0.4) is 0 Å². The van der Waals surface area contributed by atoms with Crippen LogP contribution in [-0.2, 0) is 4.74 Å². The van der Waals surface area contributed by atoms with E-state index in [0.29, 0.717) is 10.7 Å². The molecule has 0 saturated heterocycles. The van der Waals surface area contributed by atoms with E-state index in [1.807, 2.05) is 6.92 Å². The van der Waals surface area contributed by atoms with Gasteiger partial charge in [-0.25, -0.2) is 4.79 Å². The number of carbonyl (C=O) groups is 1. The second-order valence-electron chi connectivity index (χ2n) is 2.85. The van der Waals surface area contributed by atoms with Crippen molar-refractivity contribution < 1.29 is 9.53 Å². The van der Waals surface area contributed by atoms with E-state index in [9.17, 15) is 4.79 Å². The number of amides is 1. The molecule has 0 aromatic heterocycles. The first-order chi connectivity index (χ1) is 6.47. The van der Waals surface area contributed by atoms with Crippen molar-refractivity contribution in [2.45, 2.75) is 26.8 Å². The minimum Gasteiger partial charge on any atom is -0.416 e. The van der Waals surface area contributed by atoms with Gasteiger partial charge in [0.05, 0.1) is 16.8 Å². The fraction of sp³-hybridized carbons (Fsp3) is 0.556. The van der Waals surface area contributed by atoms with E-state index in [0.717, 1.165) is 6.54 Å². The molecule has 0 saturated carbocycles. The summed E-state index contributed by atoms with van der Waals surface area (Å²) in [5.41, 5.74) is 0. The lowest BCUT2D eigenvalue weighted by Gasteiger charge is -2.15. The maximum absolute atomic E-state index is 11.1. The Bertz CT molecular complexity index is 241. The van der Waals surface area contributed by atoms with Crippen LogP contribution >= 0.6 is 12.2 Å². The number of allylic oxidation sites excluding steroid dienone is 1. The van der Waals surface area contributed by atoms with E-state index >= 15 is 0 Å². The fourth-order valence-corrected chi connectivity index (χ4v) is 0.961. The summed E-state index contributed by atoms with van der Waals surface area (Å²) in [5.74, 6) is 0.351. The van der Waals surface area contributed by atoms with Crippen molar-refractivity contribution in [3.8, 4) is 0 Å². The van der Waals surface area contributed by atoms with Crippen molar-refractivity contribution in [1.82, 2.24) is 10.6 Å². The molecule has 0 spiro atoms. The number of likely N-dealkylation sites (N-methyl/N-ethyl adjacent to an activating group) is 1. The van der Waals surface area contributed by atoms with Gasteiger partial charge >= 0.3 is 6.09 Å². The number of carbonyl (C=O) groups excluding carboxylic acids is 1. The van der Waals surface area contributed by atoms with Crippen molar-refractivity contribution in [2.75, 3.05) is 6.54 Å². The third kappa shape index (κ3) is 5.53. The Hall–Kier alpha value is -1.10. The molecule has 1 atom stereocenters. The summed E-state index contributed by atoms with van der Waals surface area (Å²) in [4.78, 5) is 11.7. The highest BCUT2D eigenvalue weighted by molar-refractivity contribution is 7.80. The van der Waals surface area contributed by atoms with Crippen molar-refractivity contribution >= 4 is 23.3 Å². The number of hydrogen-bond acceptors (Lipinski definition) is 3. The molecule has 5 heteroatoms. The Balaban J connectivity index is 3.92. The van der Waals surface area contributed by atoms with Crippen molar-refractivity contribution in [3.05, 3.63) is 12.3 Å². The van der Waals surface area contributed by atoms with E-state index in [-0.39, 0.29) is 6.04 Å². The van der Waals surface area contributed by atoms with Crippen LogP contribution in [0, 0.1) is 0 Å². The van der Waals surface area contributed by atoms with Gasteiger partial charge in [-0.05, 0) is 20.8 Å². The summed E-state index contributed by atoms with van der Waals surface area (Å²) in [6.45, 7) is 9.51. The minimum absolute atomic E-state index is 0.239. The van der Waals surface area contributed by atoms with E-state index in [4.69, 9.17) is 17.0 Å². The first-order valence-electron chi connectivity index (χ1n) is 4.39. The number of ether oxygens (including phenoxy) is 1. The molecule has 0 unspecified atom stereocenters. The monoisotopic (exact) mass is 216 g/mol. The lowest BCUT2D eigenvalue weighted by Crippen LogP contribution is -2.43. The third-order valence-corrected chi connectivity index (χ3v) is 1.84. The Kier molecular flexibility index (Phi) is 5.87. The van der Waals surface area contributed by atoms with Crippen molar-refractivity contribution in [1.29, 1.82) is 0 Å². The van der Waals surface area contributed by atoms with Gasteiger partial charge in [-0.15, -0.1) is 0 Å². The first kappa shape index (κ1) is 12.9. The first-order valence-corrected chi connectivity index (χ1v) is 4.79. The maximum Gasteiger partial charge on any atom is 0.412 e. The molecule has 0 bridgehead atoms. The Morgan fingerprint density at radius 2 is 2.21 bits per heavy atom. The maximum atomic E-state index is 11.1. The van der Waals surface area contributed by atoms with E-state index in [2.05, 4.69) is 17.2 Å². The van der Waals surface area contributed by atoms with Gasteiger partial charge in [0.15, 0.2) is 0 Å². The number of rotatable bonds is 4. The SMILES string of the molecule is C=C(C)OC(=O)N[C@H](C)C(=S)NCC. The van der Waals surface area contributed by atoms with Gasteiger partial charge in [-0.2, -0.15) is 0 Å². The molecule has 0 aliphatic heterocycles. The van der Waals surface area contributed by atoms with Crippen LogP contribution in [0.5, 0.6) is 0 Å². The molecular formula is C9H16N2O2S. The molecule has 0 aromatic rings. The van der Waals surface area contributed by atoms with Gasteiger partial charge in [-0.3, -0.25) is 0 Å². The van der Waals surface area contributed by atoms with Crippen LogP contribution in [0.15, 0.2) is 12.3 Å². The highest BCUT2D eigenvalue weighted by Gasteiger charge is 2.11. The lowest BCUT2D eigenvalue weighted by molar-refractivity contribution is 0.175. The zero-order valence-electron chi connectivity index (χ0n) is 8.72. The summed E-state index contributed by atoms with van der Waals surface area (Å²) in [5, 5.41) is 5.51. The number of alkyl carbamates (subject to hydrolysis) is 1. The Morgan fingerprint density at radius 3 is 2.64 bits per heavy atom. The predicted molar refractivity (Wildman–Crippen MR) is 60.2 cm³/mol. The second kappa shape index (κ2) is 6.37. The highest BCUT2D eigenvalue weighted by atomic mass is 32.1. The Labute approximate surface area is 89.7 Å². The molecule has 1 amide bonds. The topological polar surface area (TPSA) is 50.4 Å². The molecule has 0 aliphatic rings. The lowest BCUT2D eigenvalue weighted by atomic mass is 10.3. The number of nitrogens with one attached hydrogen (secondary N) is 2. The van der Waals surface area contributed by atoms with E-state index in [1.54, 1.807) is 13.8 Å². The van der Waals surface area contributed by atoms with Crippen LogP contribution in [0.4, 0.5) is 4.79 Å². The van der Waals surface area contributed by atoms with Crippen LogP contribution in [0.2, 0.25) is 0 Å². The quantitative estimate of drug-likeness (QED) is 0.553. The third-order valence-electron chi connectivity index (χ3n) is 1.35. The van der Waals surface area contributed by atoms with Crippen LogP contribution in [0.1, 0.15) is 20.8 Å². The average Bonchev–Trinajstić information content (AvgIpc) is 2.02. The number of thiocarbonyl (C=S) groups is 1. The molecular weight excluding hydrogens is 200 g/mol. The summed E-state index contributed by atoms with van der Waals surface area (Å²) in [6.07, 6.45) is -0.537. The van der Waals surface area contributed by atoms with Gasteiger partial charge in [0, 0.05) is 6.54 Å². The summed E-state index contributed by atoms with van der Waals surface area (Å²) < 4.78 is 4.72. The molecule has 0 fully saturated rings. The number of hydrogen-bond donors (Lipinski definition) is 2. The molecule has 4 nitrogen and oxygen atoms in total. The second-order valence-corrected chi connectivity index (χ2v) is 3.29. The van der Waals surface area contributed by atoms with E-state index < -0.39 is 6.09 Å². The van der Waals surface area contributed by atoms with Crippen molar-refractivity contribution in [3.63, 3.8) is 0 Å². The molecule has 80 valence electrons. The molecule has 0 heterocycles. The molecule has 0 radical (unpaired) electrons. The zero-order chi connectivity index (χ0) is 11.1. The van der Waals surface area contributed by atoms with Crippen LogP contribution in [0.25, 0.3) is 0 Å². The normalized spacial score (nSPS) is 11.4. The Morgan fingerprint density at radius 1 is 1.64 bits per heavy atom. The van der Waals surface area contributed by atoms with Crippen LogP contribution < -0.4 is 10.6 Å².